The Balaban J connectivity index is 1.35. The van der Waals surface area contributed by atoms with E-state index < -0.39 is 29.5 Å². The van der Waals surface area contributed by atoms with Gasteiger partial charge in [-0.3, -0.25) is 9.88 Å². The average Bonchev–Trinajstić information content (AvgIpc) is 3.98. The van der Waals surface area contributed by atoms with Crippen LogP contribution in [0.4, 0.5) is 15.0 Å². The molecule has 60 heavy (non-hydrogen) atoms. The Kier molecular flexibility index (Phi) is 11.4. The van der Waals surface area contributed by atoms with Crippen molar-refractivity contribution in [3.8, 4) is 27.6 Å². The number of ether oxygens (including phenoxy) is 4. The van der Waals surface area contributed by atoms with Gasteiger partial charge in [-0.1, -0.05) is 24.3 Å². The van der Waals surface area contributed by atoms with E-state index in [2.05, 4.69) is 21.6 Å². The van der Waals surface area contributed by atoms with Gasteiger partial charge in [0.05, 0.1) is 60.2 Å². The number of fused-ring (bicyclic) bond motifs is 2. The van der Waals surface area contributed by atoms with Crippen molar-refractivity contribution in [1.29, 1.82) is 0 Å². The van der Waals surface area contributed by atoms with E-state index in [9.17, 15) is 18.8 Å². The molecule has 312 valence electrons. The van der Waals surface area contributed by atoms with Crippen LogP contribution in [0, 0.1) is 5.82 Å². The lowest BCUT2D eigenvalue weighted by atomic mass is 9.91. The molecule has 0 spiro atoms. The molecule has 0 unspecified atom stereocenters. The summed E-state index contributed by atoms with van der Waals surface area (Å²) in [7, 11) is 1.67. The number of esters is 1. The summed E-state index contributed by atoms with van der Waals surface area (Å²) in [6, 6.07) is 15.1. The van der Waals surface area contributed by atoms with Gasteiger partial charge in [0.25, 0.3) is 5.89 Å². The van der Waals surface area contributed by atoms with E-state index in [1.807, 2.05) is 24.3 Å². The Morgan fingerprint density at radius 1 is 1.10 bits per heavy atom. The topological polar surface area (TPSA) is 171 Å². The van der Waals surface area contributed by atoms with Crippen LogP contribution >= 0.6 is 11.3 Å². The molecule has 1 aliphatic carbocycles. The summed E-state index contributed by atoms with van der Waals surface area (Å²) in [5.74, 6) is -0.481. The van der Waals surface area contributed by atoms with Crippen molar-refractivity contribution in [2.45, 2.75) is 71.1 Å². The molecule has 0 saturated carbocycles. The van der Waals surface area contributed by atoms with Gasteiger partial charge in [0.1, 0.15) is 29.0 Å². The van der Waals surface area contributed by atoms with Gasteiger partial charge in [0.2, 0.25) is 0 Å². The number of nitrogens with one attached hydrogen (secondary N) is 2. The van der Waals surface area contributed by atoms with Gasteiger partial charge in [-0.25, -0.2) is 28.9 Å². The minimum Gasteiger partial charge on any atom is -0.496 e. The van der Waals surface area contributed by atoms with Gasteiger partial charge >= 0.3 is 17.8 Å². The normalized spacial score (nSPS) is 16.5. The van der Waals surface area contributed by atoms with E-state index in [1.54, 1.807) is 53.1 Å². The van der Waals surface area contributed by atoms with Crippen molar-refractivity contribution in [3.63, 3.8) is 0 Å². The number of anilines is 1. The number of halogens is 1. The molecule has 1 aliphatic heterocycles. The third-order valence-corrected chi connectivity index (χ3v) is 11.7. The zero-order valence-electron chi connectivity index (χ0n) is 33.9. The van der Waals surface area contributed by atoms with Crippen LogP contribution in [0.2, 0.25) is 0 Å². The standard InChI is InChI=1S/C44H45FN6O8S/c1-6-57-41(52)36-35(33-22-25-18-19-46-39(38(25)60-33)48-29-17-15-28-27(29)8-7-9-32(28)55-5)34(40-49-50-42(53)58-40)30(16-12-24-10-13-26(45)14-11-24)47-37(36)31-23-56-21-20-51(31)43(54)59-44(2,3)4/h7-11,13-14,18-19,22,29,31H,6,12,15-17,20-21,23H2,1-5H3,(H,46,48)(H,50,53)/t29-,31-/m1/s1. The third-order valence-electron chi connectivity index (χ3n) is 10.5. The smallest absolute Gasteiger partial charge is 0.434 e. The first-order valence-corrected chi connectivity index (χ1v) is 20.7. The molecule has 1 fully saturated rings. The molecule has 2 aromatic carbocycles. The molecule has 2 N–H and O–H groups in total. The monoisotopic (exact) mass is 836 g/mol. The van der Waals surface area contributed by atoms with Gasteiger partial charge in [0.15, 0.2) is 0 Å². The number of carbonyl (C=O) groups is 2. The van der Waals surface area contributed by atoms with E-state index in [4.69, 9.17) is 33.3 Å². The van der Waals surface area contributed by atoms with Crippen molar-refractivity contribution in [2.75, 3.05) is 38.8 Å². The molecule has 14 nitrogen and oxygen atoms in total. The summed E-state index contributed by atoms with van der Waals surface area (Å²) >= 11 is 1.39. The molecule has 1 amide bonds. The highest BCUT2D eigenvalue weighted by molar-refractivity contribution is 7.23. The summed E-state index contributed by atoms with van der Waals surface area (Å²) < 4.78 is 43.7. The molecule has 4 aromatic heterocycles. The predicted octanol–water partition coefficient (Wildman–Crippen LogP) is 8.22. The van der Waals surface area contributed by atoms with Crippen LogP contribution in [0.25, 0.3) is 32.0 Å². The first-order chi connectivity index (χ1) is 28.9. The van der Waals surface area contributed by atoms with Crippen LogP contribution in [0.5, 0.6) is 5.75 Å². The lowest BCUT2D eigenvalue weighted by molar-refractivity contribution is -0.0344. The largest absolute Gasteiger partial charge is 0.496 e. The molecule has 1 saturated heterocycles. The molecule has 0 bridgehead atoms. The summed E-state index contributed by atoms with van der Waals surface area (Å²) in [6.45, 7) is 7.48. The number of carbonyl (C=O) groups excluding carboxylic acids is 2. The van der Waals surface area contributed by atoms with Crippen LogP contribution in [0.15, 0.2) is 70.0 Å². The third kappa shape index (κ3) is 8.21. The Bertz CT molecular complexity index is 2620. The Morgan fingerprint density at radius 3 is 2.65 bits per heavy atom. The van der Waals surface area contributed by atoms with Crippen molar-refractivity contribution in [1.82, 2.24) is 25.1 Å². The quantitative estimate of drug-likeness (QED) is 0.120. The van der Waals surface area contributed by atoms with Crippen molar-refractivity contribution in [2.24, 2.45) is 0 Å². The van der Waals surface area contributed by atoms with Gasteiger partial charge in [-0.05, 0) is 106 Å². The summed E-state index contributed by atoms with van der Waals surface area (Å²) in [4.78, 5) is 53.2. The second-order valence-electron chi connectivity index (χ2n) is 15.6. The number of aromatic amines is 1. The van der Waals surface area contributed by atoms with E-state index in [-0.39, 0.29) is 67.4 Å². The number of aryl methyl sites for hydroxylation is 2. The number of pyridine rings is 2. The summed E-state index contributed by atoms with van der Waals surface area (Å²) in [6.07, 6.45) is 3.44. The number of H-pyrrole nitrogens is 1. The number of amides is 1. The number of benzene rings is 2. The number of morpholine rings is 1. The van der Waals surface area contributed by atoms with Gasteiger partial charge in [-0.15, -0.1) is 16.4 Å². The molecule has 8 rings (SSSR count). The van der Waals surface area contributed by atoms with Gasteiger partial charge in [-0.2, -0.15) is 0 Å². The van der Waals surface area contributed by atoms with Crippen LogP contribution in [-0.2, 0) is 33.5 Å². The Labute approximate surface area is 349 Å². The van der Waals surface area contributed by atoms with Crippen LogP contribution in [0.1, 0.15) is 84.6 Å². The lowest BCUT2D eigenvalue weighted by Gasteiger charge is -2.37. The zero-order chi connectivity index (χ0) is 42.1. The molecule has 2 atom stereocenters. The van der Waals surface area contributed by atoms with E-state index in [1.165, 1.54) is 28.4 Å². The van der Waals surface area contributed by atoms with Gasteiger partial charge in [0, 0.05) is 23.2 Å². The fourth-order valence-electron chi connectivity index (χ4n) is 7.90. The second kappa shape index (κ2) is 16.9. The predicted molar refractivity (Wildman–Crippen MR) is 223 cm³/mol. The fraction of sp³-hybridized carbons (Fsp3) is 0.364. The number of aromatic nitrogens is 4. The number of rotatable bonds is 11. The average molecular weight is 837 g/mol. The molecular weight excluding hydrogens is 792 g/mol. The maximum Gasteiger partial charge on any atom is 0.434 e. The highest BCUT2D eigenvalue weighted by atomic mass is 32.1. The summed E-state index contributed by atoms with van der Waals surface area (Å²) in [5.41, 5.74) is 3.62. The Hall–Kier alpha value is -6.13. The minimum atomic E-state index is -0.885. The maximum absolute atomic E-state index is 14.6. The first-order valence-electron chi connectivity index (χ1n) is 19.8. The number of thiophene rings is 1. The van der Waals surface area contributed by atoms with Crippen molar-refractivity contribution >= 4 is 39.3 Å². The molecule has 0 radical (unpaired) electrons. The van der Waals surface area contributed by atoms with E-state index in [0.29, 0.717) is 28.4 Å². The van der Waals surface area contributed by atoms with E-state index >= 15 is 0 Å². The number of hydrogen-bond donors (Lipinski definition) is 2. The Morgan fingerprint density at radius 2 is 1.92 bits per heavy atom. The molecule has 6 aromatic rings. The van der Waals surface area contributed by atoms with Crippen molar-refractivity contribution in [3.05, 3.63) is 111 Å². The minimum absolute atomic E-state index is 0.00434. The highest BCUT2D eigenvalue weighted by Crippen LogP contribution is 2.47. The van der Waals surface area contributed by atoms with Gasteiger partial charge < -0.3 is 28.7 Å². The molecule has 5 heterocycles. The van der Waals surface area contributed by atoms with Crippen molar-refractivity contribution < 1.29 is 37.3 Å². The van der Waals surface area contributed by atoms with Crippen LogP contribution in [-0.4, -0.2) is 76.2 Å². The molecular formula is C44H45FN6O8S. The zero-order valence-corrected chi connectivity index (χ0v) is 34.7. The highest BCUT2D eigenvalue weighted by Gasteiger charge is 2.39. The van der Waals surface area contributed by atoms with Crippen LogP contribution < -0.4 is 15.8 Å². The molecule has 2 aliphatic rings. The van der Waals surface area contributed by atoms with Crippen LogP contribution in [0.3, 0.4) is 0 Å². The second-order valence-corrected chi connectivity index (χ2v) is 16.6. The number of nitrogens with zero attached hydrogens (tertiary/aromatic N) is 4. The fourth-order valence-corrected chi connectivity index (χ4v) is 9.07. The first kappa shape index (κ1) is 40.6. The molecule has 16 heteroatoms. The maximum atomic E-state index is 14.6. The number of hydrogen-bond acceptors (Lipinski definition) is 13. The SMILES string of the molecule is CCOC(=O)c1c([C@H]2COCCN2C(=O)OC(C)(C)C)nc(CCc2ccc(F)cc2)c(-c2n[nH]c(=O)o2)c1-c1cc2ccnc(N[C@@H]3CCc4c(OC)cccc43)c2s1. The van der Waals surface area contributed by atoms with E-state index in [0.717, 1.165) is 45.4 Å². The lowest BCUT2D eigenvalue weighted by Crippen LogP contribution is -2.46. The number of methoxy groups -OCH3 is 1. The summed E-state index contributed by atoms with van der Waals surface area (Å²) in [5, 5.41) is 11.1.